The highest BCUT2D eigenvalue weighted by Gasteiger charge is 2.04. The first-order valence-electron chi connectivity index (χ1n) is 2.67. The van der Waals surface area contributed by atoms with Crippen molar-refractivity contribution >= 4 is 0 Å². The number of aromatic nitrogens is 1. The molecular formula is C6H9NO2. The van der Waals surface area contributed by atoms with E-state index in [9.17, 15) is 0 Å². The van der Waals surface area contributed by atoms with Gasteiger partial charge in [-0.25, -0.2) is 0 Å². The molecular weight excluding hydrogens is 118 g/mol. The van der Waals surface area contributed by atoms with E-state index in [0.717, 1.165) is 0 Å². The van der Waals surface area contributed by atoms with E-state index in [1.807, 2.05) is 0 Å². The molecule has 0 radical (unpaired) electrons. The summed E-state index contributed by atoms with van der Waals surface area (Å²) in [5, 5.41) is 18.0. The van der Waals surface area contributed by atoms with Gasteiger partial charge < -0.3 is 10.2 Å². The number of aryl methyl sites for hydroxylation is 1. The molecule has 0 amide bonds. The molecule has 0 aliphatic carbocycles. The summed E-state index contributed by atoms with van der Waals surface area (Å²) in [5.74, 6) is 0.206. The van der Waals surface area contributed by atoms with Gasteiger partial charge in [0.2, 0.25) is 0 Å². The van der Waals surface area contributed by atoms with Crippen molar-refractivity contribution in [2.45, 2.75) is 6.92 Å². The normalized spacial score (nSPS) is 10.0. The molecule has 0 saturated heterocycles. The van der Waals surface area contributed by atoms with Gasteiger partial charge in [-0.15, -0.1) is 0 Å². The molecule has 0 unspecified atom stereocenters. The van der Waals surface area contributed by atoms with Crippen LogP contribution in [0.15, 0.2) is 6.07 Å². The summed E-state index contributed by atoms with van der Waals surface area (Å²) in [6.07, 6.45) is 0. The summed E-state index contributed by atoms with van der Waals surface area (Å²) in [5.41, 5.74) is 0.690. The third kappa shape index (κ3) is 0.740. The Hall–Kier alpha value is -1.12. The number of rotatable bonds is 0. The molecule has 2 N–H and O–H groups in total. The summed E-state index contributed by atoms with van der Waals surface area (Å²) >= 11 is 0. The predicted molar refractivity (Wildman–Crippen MR) is 33.5 cm³/mol. The number of hydrogen-bond acceptors (Lipinski definition) is 2. The maximum absolute atomic E-state index is 9.03. The zero-order chi connectivity index (χ0) is 7.02. The maximum atomic E-state index is 9.03. The van der Waals surface area contributed by atoms with Gasteiger partial charge in [0.1, 0.15) is 0 Å². The molecule has 1 rings (SSSR count). The highest BCUT2D eigenvalue weighted by atomic mass is 16.3. The number of nitrogens with zero attached hydrogens (tertiary/aromatic N) is 1. The lowest BCUT2D eigenvalue weighted by Gasteiger charge is -1.94. The molecule has 0 aromatic carbocycles. The summed E-state index contributed by atoms with van der Waals surface area (Å²) < 4.78 is 1.31. The third-order valence-electron chi connectivity index (χ3n) is 1.36. The molecule has 0 fully saturated rings. The minimum Gasteiger partial charge on any atom is -0.494 e. The van der Waals surface area contributed by atoms with Crippen molar-refractivity contribution in [3.8, 4) is 11.8 Å². The Labute approximate surface area is 53.2 Å². The van der Waals surface area contributed by atoms with Gasteiger partial charge >= 0.3 is 0 Å². The molecule has 0 spiro atoms. The van der Waals surface area contributed by atoms with Crippen LogP contribution in [0.3, 0.4) is 0 Å². The molecule has 0 aliphatic heterocycles. The van der Waals surface area contributed by atoms with E-state index in [-0.39, 0.29) is 11.8 Å². The lowest BCUT2D eigenvalue weighted by Crippen LogP contribution is -1.83. The molecule has 1 aromatic heterocycles. The van der Waals surface area contributed by atoms with Crippen LogP contribution in [-0.2, 0) is 7.05 Å². The summed E-state index contributed by atoms with van der Waals surface area (Å²) in [7, 11) is 1.59. The van der Waals surface area contributed by atoms with Crippen LogP contribution in [0.2, 0.25) is 0 Å². The van der Waals surface area contributed by atoms with Crippen molar-refractivity contribution in [2.24, 2.45) is 7.05 Å². The number of hydrogen-bond donors (Lipinski definition) is 2. The molecule has 0 bridgehead atoms. The first-order valence-corrected chi connectivity index (χ1v) is 2.67. The second kappa shape index (κ2) is 1.69. The largest absolute Gasteiger partial charge is 0.494 e. The van der Waals surface area contributed by atoms with Crippen LogP contribution in [0.4, 0.5) is 0 Å². The molecule has 0 saturated carbocycles. The summed E-state index contributed by atoms with van der Waals surface area (Å²) in [4.78, 5) is 0. The summed E-state index contributed by atoms with van der Waals surface area (Å²) in [6, 6.07) is 1.51. The molecule has 0 aliphatic rings. The minimum atomic E-state index is 0.0880. The van der Waals surface area contributed by atoms with Crippen molar-refractivity contribution < 1.29 is 10.2 Å². The van der Waals surface area contributed by atoms with Crippen LogP contribution in [0.1, 0.15) is 5.56 Å². The zero-order valence-electron chi connectivity index (χ0n) is 5.42. The van der Waals surface area contributed by atoms with Gasteiger partial charge in [0.15, 0.2) is 11.8 Å². The van der Waals surface area contributed by atoms with Crippen molar-refractivity contribution in [2.75, 3.05) is 0 Å². The first-order chi connectivity index (χ1) is 4.13. The van der Waals surface area contributed by atoms with Crippen molar-refractivity contribution in [1.82, 2.24) is 4.57 Å². The predicted octanol–water partition coefficient (Wildman–Crippen LogP) is 0.745. The molecule has 1 heterocycles. The Balaban J connectivity index is 3.29. The van der Waals surface area contributed by atoms with Crippen molar-refractivity contribution in [3.05, 3.63) is 11.6 Å². The van der Waals surface area contributed by atoms with Gasteiger partial charge in [-0.05, 0) is 6.92 Å². The van der Waals surface area contributed by atoms with Crippen LogP contribution in [0.25, 0.3) is 0 Å². The standard InChI is InChI=1S/C6H9NO2/c1-4-3-5(8)7(2)6(4)9/h3,8-9H,1-2H3. The second-order valence-electron chi connectivity index (χ2n) is 2.07. The van der Waals surface area contributed by atoms with Gasteiger partial charge in [0.25, 0.3) is 0 Å². The van der Waals surface area contributed by atoms with Gasteiger partial charge in [-0.2, -0.15) is 0 Å². The SMILES string of the molecule is Cc1cc(O)n(C)c1O. The molecule has 50 valence electrons. The minimum absolute atomic E-state index is 0.0880. The van der Waals surface area contributed by atoms with E-state index >= 15 is 0 Å². The Morgan fingerprint density at radius 3 is 2.11 bits per heavy atom. The molecule has 0 atom stereocenters. The highest BCUT2D eigenvalue weighted by molar-refractivity contribution is 5.33. The van der Waals surface area contributed by atoms with E-state index in [4.69, 9.17) is 10.2 Å². The highest BCUT2D eigenvalue weighted by Crippen LogP contribution is 2.23. The van der Waals surface area contributed by atoms with Gasteiger partial charge in [-0.1, -0.05) is 0 Å². The Morgan fingerprint density at radius 1 is 1.44 bits per heavy atom. The lowest BCUT2D eigenvalue weighted by atomic mass is 10.4. The third-order valence-corrected chi connectivity index (χ3v) is 1.36. The lowest BCUT2D eigenvalue weighted by molar-refractivity contribution is 0.386. The van der Waals surface area contributed by atoms with E-state index in [1.165, 1.54) is 10.6 Å². The molecule has 3 heteroatoms. The topological polar surface area (TPSA) is 45.4 Å². The fourth-order valence-electron chi connectivity index (χ4n) is 0.728. The van der Waals surface area contributed by atoms with E-state index < -0.39 is 0 Å². The average molecular weight is 127 g/mol. The van der Waals surface area contributed by atoms with E-state index in [0.29, 0.717) is 5.56 Å². The second-order valence-corrected chi connectivity index (χ2v) is 2.07. The Morgan fingerprint density at radius 2 is 2.00 bits per heavy atom. The summed E-state index contributed by atoms with van der Waals surface area (Å²) in [6.45, 7) is 1.73. The Bertz CT molecular complexity index is 205. The first kappa shape index (κ1) is 6.01. The van der Waals surface area contributed by atoms with Crippen LogP contribution in [0, 0.1) is 6.92 Å². The number of aromatic hydroxyl groups is 2. The van der Waals surface area contributed by atoms with E-state index in [2.05, 4.69) is 0 Å². The Kier molecular flexibility index (Phi) is 1.12. The van der Waals surface area contributed by atoms with Crippen LogP contribution >= 0.6 is 0 Å². The van der Waals surface area contributed by atoms with E-state index in [1.54, 1.807) is 14.0 Å². The smallest absolute Gasteiger partial charge is 0.196 e. The monoisotopic (exact) mass is 127 g/mol. The molecule has 1 aromatic rings. The van der Waals surface area contributed by atoms with Gasteiger partial charge in [0.05, 0.1) is 0 Å². The van der Waals surface area contributed by atoms with Gasteiger partial charge in [0, 0.05) is 18.7 Å². The zero-order valence-corrected chi connectivity index (χ0v) is 5.42. The fraction of sp³-hybridized carbons (Fsp3) is 0.333. The molecule has 3 nitrogen and oxygen atoms in total. The van der Waals surface area contributed by atoms with Crippen LogP contribution in [0.5, 0.6) is 11.8 Å². The average Bonchev–Trinajstić information content (AvgIpc) is 1.98. The fourth-order valence-corrected chi connectivity index (χ4v) is 0.728. The van der Waals surface area contributed by atoms with Crippen LogP contribution in [-0.4, -0.2) is 14.8 Å². The van der Waals surface area contributed by atoms with Gasteiger partial charge in [-0.3, -0.25) is 4.57 Å². The van der Waals surface area contributed by atoms with Crippen LogP contribution < -0.4 is 0 Å². The van der Waals surface area contributed by atoms with Crippen molar-refractivity contribution in [3.63, 3.8) is 0 Å². The maximum Gasteiger partial charge on any atom is 0.196 e. The quantitative estimate of drug-likeness (QED) is 0.540. The van der Waals surface area contributed by atoms with Crippen molar-refractivity contribution in [1.29, 1.82) is 0 Å². The molecule has 9 heavy (non-hydrogen) atoms.